The second kappa shape index (κ2) is 7.18. The number of nitrogens with one attached hydrogen (secondary N) is 1. The molecule has 9 heteroatoms. The van der Waals surface area contributed by atoms with Gasteiger partial charge in [-0.2, -0.15) is 0 Å². The number of nitro groups is 1. The summed E-state index contributed by atoms with van der Waals surface area (Å²) in [5, 5.41) is 14.6. The van der Waals surface area contributed by atoms with Crippen LogP contribution >= 0.6 is 34.5 Å². The monoisotopic (exact) mass is 393 g/mol. The van der Waals surface area contributed by atoms with Crippen LogP contribution in [0.5, 0.6) is 0 Å². The molecule has 1 N–H and O–H groups in total. The number of non-ortho nitro benzene ring substituents is 1. The maximum absolute atomic E-state index is 12.0. The largest absolute Gasteiger partial charge is 0.298 e. The SMILES string of the molecule is O=C(/C=C/c1ccc(Cl)c(Cl)c1)Nc1nc2ccc([N+](=O)[O-])cc2s1. The zero-order valence-electron chi connectivity index (χ0n) is 12.4. The molecule has 0 fully saturated rings. The fourth-order valence-electron chi connectivity index (χ4n) is 2.02. The first-order valence-corrected chi connectivity index (χ1v) is 8.49. The summed E-state index contributed by atoms with van der Waals surface area (Å²) in [6, 6.07) is 9.36. The van der Waals surface area contributed by atoms with Gasteiger partial charge in [0.05, 0.1) is 25.2 Å². The van der Waals surface area contributed by atoms with Gasteiger partial charge in [0.1, 0.15) is 0 Å². The Balaban J connectivity index is 1.74. The van der Waals surface area contributed by atoms with Crippen LogP contribution in [0.25, 0.3) is 16.3 Å². The number of carbonyl (C=O) groups is 1. The maximum Gasteiger partial charge on any atom is 0.270 e. The van der Waals surface area contributed by atoms with E-state index in [2.05, 4.69) is 10.3 Å². The number of rotatable bonds is 4. The molecule has 0 aliphatic carbocycles. The van der Waals surface area contributed by atoms with Gasteiger partial charge in [-0.05, 0) is 29.8 Å². The Kier molecular flexibility index (Phi) is 4.98. The van der Waals surface area contributed by atoms with E-state index in [1.807, 2.05) is 0 Å². The Bertz CT molecular complexity index is 1020. The fourth-order valence-corrected chi connectivity index (χ4v) is 3.22. The molecule has 0 saturated carbocycles. The molecule has 2 aromatic carbocycles. The van der Waals surface area contributed by atoms with Crippen molar-refractivity contribution in [2.24, 2.45) is 0 Å². The van der Waals surface area contributed by atoms with Crippen LogP contribution in [-0.4, -0.2) is 15.8 Å². The van der Waals surface area contributed by atoms with Gasteiger partial charge in [-0.25, -0.2) is 4.98 Å². The first-order valence-electron chi connectivity index (χ1n) is 6.91. The molecular weight excluding hydrogens is 385 g/mol. The second-order valence-electron chi connectivity index (χ2n) is 4.92. The van der Waals surface area contributed by atoms with Crippen molar-refractivity contribution in [2.45, 2.75) is 0 Å². The van der Waals surface area contributed by atoms with Gasteiger partial charge in [0.25, 0.3) is 5.69 Å². The van der Waals surface area contributed by atoms with E-state index in [9.17, 15) is 14.9 Å². The number of nitro benzene ring substituents is 1. The summed E-state index contributed by atoms with van der Waals surface area (Å²) >= 11 is 12.9. The molecule has 0 saturated heterocycles. The molecule has 1 amide bonds. The van der Waals surface area contributed by atoms with Crippen molar-refractivity contribution in [3.8, 4) is 0 Å². The molecule has 0 aliphatic rings. The van der Waals surface area contributed by atoms with Gasteiger partial charge in [0.2, 0.25) is 5.91 Å². The van der Waals surface area contributed by atoms with Gasteiger partial charge in [-0.1, -0.05) is 40.6 Å². The first-order chi connectivity index (χ1) is 11.9. The summed E-state index contributed by atoms with van der Waals surface area (Å²) in [5.74, 6) is -0.375. The van der Waals surface area contributed by atoms with E-state index in [1.54, 1.807) is 30.3 Å². The standard InChI is InChI=1S/C16H9Cl2N3O3S/c17-11-4-1-9(7-12(11)18)2-6-15(22)20-16-19-13-5-3-10(21(23)24)8-14(13)25-16/h1-8H,(H,19,20,22)/b6-2+. The molecule has 25 heavy (non-hydrogen) atoms. The average Bonchev–Trinajstić information content (AvgIpc) is 2.97. The van der Waals surface area contributed by atoms with Crippen LogP contribution in [0.2, 0.25) is 10.0 Å². The topological polar surface area (TPSA) is 85.1 Å². The number of thiazole rings is 1. The number of hydrogen-bond donors (Lipinski definition) is 1. The van der Waals surface area contributed by atoms with Crippen molar-refractivity contribution in [1.82, 2.24) is 4.98 Å². The molecule has 126 valence electrons. The number of benzene rings is 2. The molecule has 3 aromatic rings. The van der Waals surface area contributed by atoms with E-state index in [0.717, 1.165) is 16.9 Å². The number of hydrogen-bond acceptors (Lipinski definition) is 5. The van der Waals surface area contributed by atoms with Crippen LogP contribution in [0.4, 0.5) is 10.8 Å². The van der Waals surface area contributed by atoms with E-state index < -0.39 is 4.92 Å². The van der Waals surface area contributed by atoms with Crippen LogP contribution in [0.15, 0.2) is 42.5 Å². The fraction of sp³-hybridized carbons (Fsp3) is 0. The normalized spacial score (nSPS) is 11.1. The molecule has 0 bridgehead atoms. The molecule has 3 rings (SSSR count). The number of fused-ring (bicyclic) bond motifs is 1. The summed E-state index contributed by atoms with van der Waals surface area (Å²) in [5.41, 5.74) is 1.29. The molecule has 0 spiro atoms. The van der Waals surface area contributed by atoms with Gasteiger partial charge in [0, 0.05) is 18.2 Å². The number of carbonyl (C=O) groups excluding carboxylic acids is 1. The number of aromatic nitrogens is 1. The Morgan fingerprint density at radius 3 is 2.72 bits per heavy atom. The van der Waals surface area contributed by atoms with Crippen molar-refractivity contribution >= 4 is 67.6 Å². The average molecular weight is 394 g/mol. The first kappa shape index (κ1) is 17.3. The van der Waals surface area contributed by atoms with Crippen molar-refractivity contribution in [3.63, 3.8) is 0 Å². The quantitative estimate of drug-likeness (QED) is 0.376. The highest BCUT2D eigenvalue weighted by Crippen LogP contribution is 2.29. The Morgan fingerprint density at radius 1 is 1.20 bits per heavy atom. The van der Waals surface area contributed by atoms with Crippen LogP contribution in [0.1, 0.15) is 5.56 Å². The molecule has 0 aliphatic heterocycles. The van der Waals surface area contributed by atoms with Crippen LogP contribution in [-0.2, 0) is 4.79 Å². The van der Waals surface area contributed by atoms with E-state index >= 15 is 0 Å². The molecular formula is C16H9Cl2N3O3S. The van der Waals surface area contributed by atoms with Crippen molar-refractivity contribution in [3.05, 3.63) is 68.2 Å². The summed E-state index contributed by atoms with van der Waals surface area (Å²) in [6.07, 6.45) is 2.93. The summed E-state index contributed by atoms with van der Waals surface area (Å²) in [6.45, 7) is 0. The predicted octanol–water partition coefficient (Wildman–Crippen LogP) is 5.16. The van der Waals surface area contributed by atoms with Gasteiger partial charge in [-0.3, -0.25) is 20.2 Å². The Labute approximate surface area is 155 Å². The van der Waals surface area contributed by atoms with Gasteiger partial charge in [0.15, 0.2) is 5.13 Å². The van der Waals surface area contributed by atoms with Gasteiger partial charge < -0.3 is 0 Å². The summed E-state index contributed by atoms with van der Waals surface area (Å²) < 4.78 is 0.623. The highest BCUT2D eigenvalue weighted by Gasteiger charge is 2.11. The van der Waals surface area contributed by atoms with Crippen LogP contribution < -0.4 is 5.32 Å². The molecule has 1 aromatic heterocycles. The lowest BCUT2D eigenvalue weighted by atomic mass is 10.2. The maximum atomic E-state index is 12.0. The number of anilines is 1. The highest BCUT2D eigenvalue weighted by atomic mass is 35.5. The van der Waals surface area contributed by atoms with Gasteiger partial charge >= 0.3 is 0 Å². The highest BCUT2D eigenvalue weighted by molar-refractivity contribution is 7.22. The lowest BCUT2D eigenvalue weighted by Gasteiger charge is -1.98. The van der Waals surface area contributed by atoms with E-state index in [4.69, 9.17) is 23.2 Å². The second-order valence-corrected chi connectivity index (χ2v) is 6.77. The zero-order valence-corrected chi connectivity index (χ0v) is 14.7. The van der Waals surface area contributed by atoms with Crippen molar-refractivity contribution in [1.29, 1.82) is 0 Å². The minimum atomic E-state index is -0.475. The van der Waals surface area contributed by atoms with Crippen molar-refractivity contribution < 1.29 is 9.72 Å². The van der Waals surface area contributed by atoms with Crippen LogP contribution in [0, 0.1) is 10.1 Å². The summed E-state index contributed by atoms with van der Waals surface area (Å²) in [7, 11) is 0. The third-order valence-electron chi connectivity index (χ3n) is 3.18. The molecule has 1 heterocycles. The lowest BCUT2D eigenvalue weighted by molar-refractivity contribution is -0.384. The van der Waals surface area contributed by atoms with Crippen LogP contribution in [0.3, 0.4) is 0 Å². The summed E-state index contributed by atoms with van der Waals surface area (Å²) in [4.78, 5) is 26.5. The minimum absolute atomic E-state index is 0.0199. The Morgan fingerprint density at radius 2 is 2.00 bits per heavy atom. The predicted molar refractivity (Wildman–Crippen MR) is 100 cm³/mol. The van der Waals surface area contributed by atoms with E-state index in [1.165, 1.54) is 18.2 Å². The molecule has 0 atom stereocenters. The third-order valence-corrected chi connectivity index (χ3v) is 4.86. The minimum Gasteiger partial charge on any atom is -0.298 e. The smallest absolute Gasteiger partial charge is 0.270 e. The zero-order chi connectivity index (χ0) is 18.0. The molecule has 6 nitrogen and oxygen atoms in total. The van der Waals surface area contributed by atoms with E-state index in [-0.39, 0.29) is 11.6 Å². The Hall–Kier alpha value is -2.48. The number of amides is 1. The number of nitrogens with zero attached hydrogens (tertiary/aromatic N) is 2. The third kappa shape index (κ3) is 4.14. The van der Waals surface area contributed by atoms with Crippen molar-refractivity contribution in [2.75, 3.05) is 5.32 Å². The molecule has 0 radical (unpaired) electrons. The molecule has 0 unspecified atom stereocenters. The number of halogens is 2. The lowest BCUT2D eigenvalue weighted by Crippen LogP contribution is -2.07. The van der Waals surface area contributed by atoms with Gasteiger partial charge in [-0.15, -0.1) is 0 Å². The van der Waals surface area contributed by atoms with E-state index in [0.29, 0.717) is 25.4 Å².